The molecule has 4 aliphatic rings. The van der Waals surface area contributed by atoms with Gasteiger partial charge in [0.15, 0.2) is 5.17 Å². The van der Waals surface area contributed by atoms with Crippen molar-refractivity contribution in [3.63, 3.8) is 0 Å². The fraction of sp³-hybridized carbons (Fsp3) is 0.500. The second-order valence-corrected chi connectivity index (χ2v) is 15.4. The van der Waals surface area contributed by atoms with Gasteiger partial charge in [-0.05, 0) is 93.6 Å². The van der Waals surface area contributed by atoms with Crippen LogP contribution in [0.15, 0.2) is 64.1 Å². The summed E-state index contributed by atoms with van der Waals surface area (Å²) in [7, 11) is 0. The molecular formula is C34H41Cl2N5O2S. The number of nitrogens with one attached hydrogen (secondary N) is 1. The zero-order valence-corrected chi connectivity index (χ0v) is 28.6. The Labute approximate surface area is 275 Å². The lowest BCUT2D eigenvalue weighted by Crippen LogP contribution is -2.61. The topological polar surface area (TPSA) is 68.2 Å². The number of fused-ring (bicyclic) bond motifs is 1. The van der Waals surface area contributed by atoms with Crippen LogP contribution in [0.25, 0.3) is 0 Å². The van der Waals surface area contributed by atoms with Gasteiger partial charge in [-0.15, -0.1) is 0 Å². The van der Waals surface area contributed by atoms with Gasteiger partial charge in [-0.2, -0.15) is 0 Å². The molecule has 10 heteroatoms. The Balaban J connectivity index is 1.39. The van der Waals surface area contributed by atoms with E-state index in [4.69, 9.17) is 28.2 Å². The highest BCUT2D eigenvalue weighted by molar-refractivity contribution is 8.18. The summed E-state index contributed by atoms with van der Waals surface area (Å²) < 4.78 is 0. The monoisotopic (exact) mass is 653 g/mol. The van der Waals surface area contributed by atoms with Crippen molar-refractivity contribution in [2.75, 3.05) is 19.6 Å². The first-order chi connectivity index (χ1) is 20.8. The molecule has 6 rings (SSSR count). The number of piperazine rings is 1. The summed E-state index contributed by atoms with van der Waals surface area (Å²) in [4.78, 5) is 40.7. The molecule has 0 aromatic heterocycles. The number of allylic oxidation sites excluding steroid dienone is 1. The van der Waals surface area contributed by atoms with E-state index in [-0.39, 0.29) is 35.4 Å². The van der Waals surface area contributed by atoms with Crippen LogP contribution in [0.5, 0.6) is 0 Å². The van der Waals surface area contributed by atoms with Gasteiger partial charge in [0, 0.05) is 47.0 Å². The first kappa shape index (κ1) is 31.5. The molecule has 2 fully saturated rings. The van der Waals surface area contributed by atoms with E-state index in [1.807, 2.05) is 58.3 Å². The molecular weight excluding hydrogens is 613 g/mol. The maximum absolute atomic E-state index is 14.6. The smallest absolute Gasteiger partial charge is 0.263 e. The molecule has 0 radical (unpaired) electrons. The van der Waals surface area contributed by atoms with Crippen LogP contribution in [-0.4, -0.2) is 68.9 Å². The van der Waals surface area contributed by atoms with Crippen molar-refractivity contribution in [1.82, 2.24) is 20.0 Å². The minimum absolute atomic E-state index is 0.0299. The molecule has 7 nitrogen and oxygen atoms in total. The molecule has 234 valence electrons. The van der Waals surface area contributed by atoms with Crippen LogP contribution in [0.2, 0.25) is 10.0 Å². The van der Waals surface area contributed by atoms with Crippen LogP contribution in [0, 0.1) is 5.92 Å². The largest absolute Gasteiger partial charge is 0.338 e. The van der Waals surface area contributed by atoms with Crippen molar-refractivity contribution in [3.8, 4) is 0 Å². The number of amidine groups is 1. The third-order valence-electron chi connectivity index (χ3n) is 9.44. The molecule has 2 amide bonds. The summed E-state index contributed by atoms with van der Waals surface area (Å²) in [6.45, 7) is 14.7. The van der Waals surface area contributed by atoms with Crippen molar-refractivity contribution in [2.45, 2.75) is 83.6 Å². The van der Waals surface area contributed by atoms with Gasteiger partial charge >= 0.3 is 0 Å². The van der Waals surface area contributed by atoms with Gasteiger partial charge in [-0.1, -0.05) is 61.3 Å². The number of rotatable bonds is 5. The highest BCUT2D eigenvalue weighted by atomic mass is 35.5. The zero-order chi connectivity index (χ0) is 31.6. The van der Waals surface area contributed by atoms with Crippen molar-refractivity contribution in [3.05, 3.63) is 80.3 Å². The number of carbonyl (C=O) groups excluding carboxylic acids is 2. The Morgan fingerprint density at radius 2 is 1.64 bits per heavy atom. The number of thioether (sulfide) groups is 1. The molecule has 0 saturated carbocycles. The molecule has 2 aromatic rings. The van der Waals surface area contributed by atoms with Gasteiger partial charge in [-0.25, -0.2) is 4.99 Å². The number of benzene rings is 2. The molecule has 0 aliphatic carbocycles. The third-order valence-corrected chi connectivity index (χ3v) is 11.0. The van der Waals surface area contributed by atoms with Crippen LogP contribution >= 0.6 is 35.0 Å². The second-order valence-electron chi connectivity index (χ2n) is 13.6. The lowest BCUT2D eigenvalue weighted by atomic mass is 9.81. The Hall–Kier alpha value is -2.52. The standard InChI is InChI=1S/C34H41Cl2N5O2S/c1-20(2)27-28(31(43)40-21(3)7-16-26(40)30(42)39-18-17-37-33(4,5)19-39)44-32-38-34(6,23-10-14-25(36)15-11-23)29(41(27)32)22-8-12-24(35)13-9-22/h8-15,20-21,26,29,37H,7,16-19H2,1-6H3/t21-,26+,29-,34+/m1/s1. The molecule has 0 spiro atoms. The number of hydrogen-bond donors (Lipinski definition) is 1. The number of halogens is 2. The van der Waals surface area contributed by atoms with Crippen LogP contribution in [0.3, 0.4) is 0 Å². The summed E-state index contributed by atoms with van der Waals surface area (Å²) in [5, 5.41) is 5.62. The van der Waals surface area contributed by atoms with E-state index in [0.29, 0.717) is 34.5 Å². The summed E-state index contributed by atoms with van der Waals surface area (Å²) >= 11 is 14.0. The van der Waals surface area contributed by atoms with Gasteiger partial charge in [0.05, 0.1) is 6.04 Å². The molecule has 2 saturated heterocycles. The normalized spacial score (nSPS) is 28.2. The first-order valence-corrected chi connectivity index (χ1v) is 17.1. The van der Waals surface area contributed by atoms with Gasteiger partial charge in [0.1, 0.15) is 16.5 Å². The van der Waals surface area contributed by atoms with Gasteiger partial charge < -0.3 is 20.0 Å². The fourth-order valence-corrected chi connectivity index (χ4v) is 8.89. The highest BCUT2D eigenvalue weighted by Gasteiger charge is 2.54. The Morgan fingerprint density at radius 3 is 2.25 bits per heavy atom. The third kappa shape index (κ3) is 5.46. The van der Waals surface area contributed by atoms with E-state index in [2.05, 4.69) is 51.8 Å². The lowest BCUT2D eigenvalue weighted by molar-refractivity contribution is -0.144. The molecule has 4 aliphatic heterocycles. The minimum Gasteiger partial charge on any atom is -0.338 e. The number of nitrogens with zero attached hydrogens (tertiary/aromatic N) is 4. The molecule has 0 unspecified atom stereocenters. The molecule has 44 heavy (non-hydrogen) atoms. The maximum Gasteiger partial charge on any atom is 0.263 e. The molecule has 4 heterocycles. The Morgan fingerprint density at radius 1 is 1.00 bits per heavy atom. The van der Waals surface area contributed by atoms with Crippen LogP contribution < -0.4 is 5.32 Å². The SMILES string of the molecule is CC(C)C1=C(C(=O)N2[C@H](C)CC[C@H]2C(=O)N2CCNC(C)(C)C2)SC2=N[C@@](C)(c3ccc(Cl)cc3)[C@@H](c3ccc(Cl)cc3)N21. The van der Waals surface area contributed by atoms with E-state index in [9.17, 15) is 9.59 Å². The number of amides is 2. The van der Waals surface area contributed by atoms with Crippen molar-refractivity contribution in [2.24, 2.45) is 10.9 Å². The number of aliphatic imine (C=N–C) groups is 1. The number of likely N-dealkylation sites (tertiary alicyclic amines) is 1. The maximum atomic E-state index is 14.6. The first-order valence-electron chi connectivity index (χ1n) is 15.5. The quantitative estimate of drug-likeness (QED) is 0.383. The molecule has 4 atom stereocenters. The average Bonchev–Trinajstić information content (AvgIpc) is 3.62. The van der Waals surface area contributed by atoms with E-state index < -0.39 is 11.6 Å². The van der Waals surface area contributed by atoms with E-state index >= 15 is 0 Å². The fourth-order valence-electron chi connectivity index (χ4n) is 7.29. The molecule has 1 N–H and O–H groups in total. The van der Waals surface area contributed by atoms with Crippen LogP contribution in [-0.2, 0) is 15.1 Å². The number of carbonyl (C=O) groups is 2. The van der Waals surface area contributed by atoms with Crippen LogP contribution in [0.1, 0.15) is 71.6 Å². The van der Waals surface area contributed by atoms with Crippen molar-refractivity contribution >= 4 is 51.9 Å². The van der Waals surface area contributed by atoms with Crippen molar-refractivity contribution in [1.29, 1.82) is 0 Å². The minimum atomic E-state index is -0.635. The summed E-state index contributed by atoms with van der Waals surface area (Å²) in [6.07, 6.45) is 1.48. The van der Waals surface area contributed by atoms with Gasteiger partial charge in [0.25, 0.3) is 5.91 Å². The van der Waals surface area contributed by atoms with E-state index in [1.54, 1.807) is 0 Å². The van der Waals surface area contributed by atoms with E-state index in [0.717, 1.165) is 35.0 Å². The summed E-state index contributed by atoms with van der Waals surface area (Å²) in [5.41, 5.74) is 2.26. The second kappa shape index (κ2) is 11.7. The average molecular weight is 655 g/mol. The molecule has 2 aromatic carbocycles. The lowest BCUT2D eigenvalue weighted by Gasteiger charge is -2.41. The van der Waals surface area contributed by atoms with Crippen molar-refractivity contribution < 1.29 is 9.59 Å². The van der Waals surface area contributed by atoms with Gasteiger partial charge in [-0.3, -0.25) is 9.59 Å². The zero-order valence-electron chi connectivity index (χ0n) is 26.2. The van der Waals surface area contributed by atoms with E-state index in [1.165, 1.54) is 11.8 Å². The van der Waals surface area contributed by atoms with Crippen LogP contribution in [0.4, 0.5) is 0 Å². The Kier molecular flexibility index (Phi) is 8.36. The summed E-state index contributed by atoms with van der Waals surface area (Å²) in [6, 6.07) is 15.1. The highest BCUT2D eigenvalue weighted by Crippen LogP contribution is 2.56. The number of hydrogen-bond acceptors (Lipinski definition) is 6. The summed E-state index contributed by atoms with van der Waals surface area (Å²) in [5.74, 6) is 0.0216. The Bertz CT molecular complexity index is 1520. The predicted octanol–water partition coefficient (Wildman–Crippen LogP) is 6.83. The molecule has 0 bridgehead atoms. The predicted molar refractivity (Wildman–Crippen MR) is 180 cm³/mol. The van der Waals surface area contributed by atoms with Gasteiger partial charge in [0.2, 0.25) is 5.91 Å².